The summed E-state index contributed by atoms with van der Waals surface area (Å²) in [6.07, 6.45) is 3.54. The van der Waals surface area contributed by atoms with Crippen molar-refractivity contribution in [1.29, 1.82) is 0 Å². The molecule has 1 aliphatic carbocycles. The van der Waals surface area contributed by atoms with Gasteiger partial charge in [-0.15, -0.1) is 0 Å². The van der Waals surface area contributed by atoms with E-state index in [1.165, 1.54) is 0 Å². The van der Waals surface area contributed by atoms with E-state index in [-0.39, 0.29) is 37.3 Å². The highest BCUT2D eigenvalue weighted by Gasteiger charge is 2.38. The average Bonchev–Trinajstić information content (AvgIpc) is 3.45. The summed E-state index contributed by atoms with van der Waals surface area (Å²) in [4.78, 5) is 28.0. The number of carbonyl (C=O) groups is 1. The summed E-state index contributed by atoms with van der Waals surface area (Å²) < 4.78 is 52.8. The number of ether oxygens (including phenoxy) is 2. The zero-order valence-electron chi connectivity index (χ0n) is 24.6. The second-order valence-corrected chi connectivity index (χ2v) is 11.2. The van der Waals surface area contributed by atoms with Crippen molar-refractivity contribution >= 4 is 17.8 Å². The van der Waals surface area contributed by atoms with Gasteiger partial charge in [0.05, 0.1) is 19.4 Å². The van der Waals surface area contributed by atoms with Crippen LogP contribution < -0.4 is 20.3 Å². The normalized spacial score (nSPS) is 18.6. The van der Waals surface area contributed by atoms with Crippen LogP contribution >= 0.6 is 0 Å². The summed E-state index contributed by atoms with van der Waals surface area (Å²) in [5, 5.41) is 10.4. The lowest BCUT2D eigenvalue weighted by atomic mass is 9.90. The minimum absolute atomic E-state index is 0.0619. The van der Waals surface area contributed by atoms with Gasteiger partial charge in [-0.1, -0.05) is 30.3 Å². The van der Waals surface area contributed by atoms with E-state index in [9.17, 15) is 18.0 Å². The molecule has 3 aromatic heterocycles. The van der Waals surface area contributed by atoms with E-state index in [0.29, 0.717) is 38.0 Å². The molecule has 0 unspecified atom stereocenters. The van der Waals surface area contributed by atoms with Crippen molar-refractivity contribution in [2.75, 3.05) is 23.4 Å². The fourth-order valence-corrected chi connectivity index (χ4v) is 5.41. The molecule has 6 rings (SSSR count). The first-order valence-electron chi connectivity index (χ1n) is 14.7. The number of amides is 2. The maximum absolute atomic E-state index is 13.6. The second kappa shape index (κ2) is 13.1. The molecule has 1 saturated carbocycles. The number of urea groups is 1. The van der Waals surface area contributed by atoms with Crippen LogP contribution in [0.25, 0.3) is 11.1 Å². The van der Waals surface area contributed by atoms with Crippen LogP contribution in [-0.4, -0.2) is 62.2 Å². The summed E-state index contributed by atoms with van der Waals surface area (Å²) in [5.41, 5.74) is 1.75. The first-order valence-corrected chi connectivity index (χ1v) is 14.7. The van der Waals surface area contributed by atoms with Gasteiger partial charge in [0.25, 0.3) is 0 Å². The van der Waals surface area contributed by atoms with Crippen LogP contribution in [0.3, 0.4) is 0 Å². The monoisotopic (exact) mass is 622 g/mol. The Morgan fingerprint density at radius 1 is 1.02 bits per heavy atom. The molecule has 45 heavy (non-hydrogen) atoms. The van der Waals surface area contributed by atoms with E-state index in [0.717, 1.165) is 22.9 Å². The Bertz CT molecular complexity index is 1590. The molecule has 2 N–H and O–H groups in total. The molecule has 4 aromatic rings. The van der Waals surface area contributed by atoms with Crippen molar-refractivity contribution in [1.82, 2.24) is 30.0 Å². The molecule has 1 saturated heterocycles. The van der Waals surface area contributed by atoms with Gasteiger partial charge in [0.1, 0.15) is 17.5 Å². The lowest BCUT2D eigenvalue weighted by Crippen LogP contribution is -2.49. The largest absolute Gasteiger partial charge is 0.469 e. The van der Waals surface area contributed by atoms with Crippen LogP contribution in [0.4, 0.5) is 29.7 Å². The molecular weight excluding hydrogens is 589 g/mol. The molecule has 236 valence electrons. The fraction of sp³-hybridized carbons (Fsp3) is 0.387. The van der Waals surface area contributed by atoms with E-state index in [1.54, 1.807) is 22.0 Å². The Hall–Kier alpha value is -4.72. The Morgan fingerprint density at radius 2 is 1.80 bits per heavy atom. The lowest BCUT2D eigenvalue weighted by Gasteiger charge is -2.36. The minimum Gasteiger partial charge on any atom is -0.469 e. The summed E-state index contributed by atoms with van der Waals surface area (Å²) in [5.74, 6) is 0.0771. The van der Waals surface area contributed by atoms with E-state index in [2.05, 4.69) is 30.7 Å². The SMILES string of the molecule is Cn1cc(-c2ccc(N(C(=O)NCc3ccccc3)C3CCC(Nc4ncc(C(F)(F)F)c(OC5COC5)n4)CC3)nc2)cn1. The number of rotatable bonds is 9. The fourth-order valence-electron chi connectivity index (χ4n) is 5.41. The highest BCUT2D eigenvalue weighted by atomic mass is 19.4. The third kappa shape index (κ3) is 7.33. The standard InChI is InChI=1S/C31H33F3N8O3/c1-41-17-22(15-38-41)21-7-12-27(35-14-21)42(30(43)37-13-20-5-3-2-4-6-20)24-10-8-23(9-11-24)39-29-36-16-26(31(32,33)34)28(40-29)45-25-18-44-19-25/h2-7,12,14-17,23-25H,8-11,13,18-19H2,1H3,(H,37,43)(H,36,39,40). The highest BCUT2D eigenvalue weighted by Crippen LogP contribution is 2.36. The molecule has 0 radical (unpaired) electrons. The summed E-state index contributed by atoms with van der Waals surface area (Å²) in [6, 6.07) is 12.9. The lowest BCUT2D eigenvalue weighted by molar-refractivity contribution is -0.142. The molecular formula is C31H33F3N8O3. The Kier molecular flexibility index (Phi) is 8.83. The average molecular weight is 623 g/mol. The maximum Gasteiger partial charge on any atom is 0.423 e. The first kappa shape index (κ1) is 30.3. The van der Waals surface area contributed by atoms with Crippen LogP contribution in [0.1, 0.15) is 36.8 Å². The van der Waals surface area contributed by atoms with Gasteiger partial charge in [-0.05, 0) is 43.4 Å². The van der Waals surface area contributed by atoms with Crippen LogP contribution in [0.5, 0.6) is 5.88 Å². The number of nitrogens with one attached hydrogen (secondary N) is 2. The van der Waals surface area contributed by atoms with Gasteiger partial charge in [0.15, 0.2) is 0 Å². The van der Waals surface area contributed by atoms with Crippen molar-refractivity contribution in [2.45, 2.75) is 56.6 Å². The van der Waals surface area contributed by atoms with Crippen LogP contribution in [0.15, 0.2) is 67.3 Å². The zero-order valence-corrected chi connectivity index (χ0v) is 24.6. The molecule has 14 heteroatoms. The van der Waals surface area contributed by atoms with Crippen LogP contribution in [-0.2, 0) is 24.5 Å². The minimum atomic E-state index is -4.65. The van der Waals surface area contributed by atoms with Crippen molar-refractivity contribution in [3.63, 3.8) is 0 Å². The number of hydrogen-bond acceptors (Lipinski definition) is 8. The molecule has 11 nitrogen and oxygen atoms in total. The molecule has 1 aromatic carbocycles. The molecule has 4 heterocycles. The van der Waals surface area contributed by atoms with Crippen molar-refractivity contribution in [3.8, 4) is 17.0 Å². The number of benzene rings is 1. The number of aryl methyl sites for hydroxylation is 1. The zero-order chi connectivity index (χ0) is 31.4. The van der Waals surface area contributed by atoms with Gasteiger partial charge in [0, 0.05) is 55.4 Å². The number of carbonyl (C=O) groups excluding carboxylic acids is 1. The van der Waals surface area contributed by atoms with Crippen molar-refractivity contribution < 1.29 is 27.4 Å². The van der Waals surface area contributed by atoms with E-state index in [1.807, 2.05) is 55.7 Å². The number of hydrogen-bond donors (Lipinski definition) is 2. The molecule has 0 spiro atoms. The van der Waals surface area contributed by atoms with Gasteiger partial charge >= 0.3 is 12.2 Å². The number of aromatic nitrogens is 5. The molecule has 0 atom stereocenters. The van der Waals surface area contributed by atoms with Gasteiger partial charge in [-0.3, -0.25) is 9.58 Å². The predicted octanol–water partition coefficient (Wildman–Crippen LogP) is 5.21. The van der Waals surface area contributed by atoms with Crippen molar-refractivity contribution in [3.05, 3.63) is 78.4 Å². The third-order valence-electron chi connectivity index (χ3n) is 7.88. The van der Waals surface area contributed by atoms with Gasteiger partial charge in [-0.25, -0.2) is 14.8 Å². The van der Waals surface area contributed by atoms with E-state index in [4.69, 9.17) is 9.47 Å². The van der Waals surface area contributed by atoms with Gasteiger partial charge < -0.3 is 20.1 Å². The molecule has 2 aliphatic rings. The molecule has 1 aliphatic heterocycles. The molecule has 2 amide bonds. The highest BCUT2D eigenvalue weighted by molar-refractivity contribution is 5.91. The topological polar surface area (TPSA) is 119 Å². The summed E-state index contributed by atoms with van der Waals surface area (Å²) in [7, 11) is 1.84. The summed E-state index contributed by atoms with van der Waals surface area (Å²) in [6.45, 7) is 0.790. The van der Waals surface area contributed by atoms with Gasteiger partial charge in [0.2, 0.25) is 11.8 Å². The van der Waals surface area contributed by atoms with Crippen LogP contribution in [0, 0.1) is 0 Å². The molecule has 2 fully saturated rings. The molecule has 0 bridgehead atoms. The first-order chi connectivity index (χ1) is 21.7. The third-order valence-corrected chi connectivity index (χ3v) is 7.88. The smallest absolute Gasteiger partial charge is 0.423 e. The van der Waals surface area contributed by atoms with E-state index < -0.39 is 23.7 Å². The second-order valence-electron chi connectivity index (χ2n) is 11.2. The Balaban J connectivity index is 1.15. The van der Waals surface area contributed by atoms with Crippen LogP contribution in [0.2, 0.25) is 0 Å². The van der Waals surface area contributed by atoms with Gasteiger partial charge in [-0.2, -0.15) is 23.3 Å². The predicted molar refractivity (Wildman–Crippen MR) is 160 cm³/mol. The number of alkyl halides is 3. The Labute approximate surface area is 257 Å². The quantitative estimate of drug-likeness (QED) is 0.261. The maximum atomic E-state index is 13.6. The number of nitrogens with zero attached hydrogens (tertiary/aromatic N) is 6. The number of pyridine rings is 1. The number of anilines is 2. The Morgan fingerprint density at radius 3 is 2.42 bits per heavy atom. The summed E-state index contributed by atoms with van der Waals surface area (Å²) >= 11 is 0. The van der Waals surface area contributed by atoms with E-state index >= 15 is 0 Å². The van der Waals surface area contributed by atoms with Crippen molar-refractivity contribution in [2.24, 2.45) is 7.05 Å². The number of halogens is 3.